The van der Waals surface area contributed by atoms with Gasteiger partial charge in [-0.3, -0.25) is 26.9 Å². The Labute approximate surface area is 215 Å². The Kier molecular flexibility index (Phi) is 10.5. The minimum atomic E-state index is -1.53. The summed E-state index contributed by atoms with van der Waals surface area (Å²) in [7, 11) is 3.09. The van der Waals surface area contributed by atoms with Gasteiger partial charge in [-0.1, -0.05) is 6.07 Å². The number of anilines is 1. The largest absolute Gasteiger partial charge is 0.468 e. The molecule has 1 fully saturated rings. The predicted molar refractivity (Wildman–Crippen MR) is 140 cm³/mol. The van der Waals surface area contributed by atoms with Crippen molar-refractivity contribution in [1.82, 2.24) is 14.8 Å². The highest BCUT2D eigenvalue weighted by Gasteiger charge is 2.32. The van der Waals surface area contributed by atoms with Crippen LogP contribution in [0.1, 0.15) is 52.0 Å². The number of rotatable bonds is 10. The number of carbonyl (C=O) groups excluding carboxylic acids is 2. The van der Waals surface area contributed by atoms with Crippen molar-refractivity contribution in [3.63, 3.8) is 0 Å². The second-order valence-corrected chi connectivity index (χ2v) is 10.8. The van der Waals surface area contributed by atoms with E-state index in [1.165, 1.54) is 12.0 Å². The lowest BCUT2D eigenvalue weighted by atomic mass is 9.84. The number of pyridine rings is 1. The lowest BCUT2D eigenvalue weighted by Gasteiger charge is -2.41. The summed E-state index contributed by atoms with van der Waals surface area (Å²) in [5, 5.41) is 0. The molecule has 0 radical (unpaired) electrons. The van der Waals surface area contributed by atoms with Crippen LogP contribution in [0.25, 0.3) is 0 Å². The molecule has 1 aromatic rings. The molecular formula is C25H45N7O4. The lowest BCUT2D eigenvalue weighted by molar-refractivity contribution is -0.142. The third-order valence-corrected chi connectivity index (χ3v) is 6.40. The minimum absolute atomic E-state index is 0.172. The van der Waals surface area contributed by atoms with E-state index in [2.05, 4.69) is 9.88 Å². The molecule has 1 saturated carbocycles. The molecule has 11 heteroatoms. The van der Waals surface area contributed by atoms with Gasteiger partial charge in [-0.15, -0.1) is 0 Å². The number of amides is 1. The van der Waals surface area contributed by atoms with Crippen LogP contribution < -0.4 is 22.1 Å². The van der Waals surface area contributed by atoms with Gasteiger partial charge < -0.3 is 19.3 Å². The fourth-order valence-corrected chi connectivity index (χ4v) is 4.35. The summed E-state index contributed by atoms with van der Waals surface area (Å²) in [5.41, 5.74) is 18.7. The van der Waals surface area contributed by atoms with Gasteiger partial charge in [-0.25, -0.2) is 9.78 Å². The molecule has 0 aromatic carbocycles. The smallest absolute Gasteiger partial charge is 0.410 e. The molecular weight excluding hydrogens is 462 g/mol. The Bertz CT molecular complexity index is 843. The van der Waals surface area contributed by atoms with E-state index < -0.39 is 11.5 Å². The molecule has 6 N–H and O–H groups in total. The quantitative estimate of drug-likeness (QED) is 0.314. The molecule has 36 heavy (non-hydrogen) atoms. The van der Waals surface area contributed by atoms with Crippen LogP contribution in [-0.4, -0.2) is 84.7 Å². The number of aromatic nitrogens is 1. The Morgan fingerprint density at radius 1 is 1.08 bits per heavy atom. The predicted octanol–water partition coefficient (Wildman–Crippen LogP) is 1.58. The van der Waals surface area contributed by atoms with Gasteiger partial charge in [0.25, 0.3) is 0 Å². The zero-order valence-electron chi connectivity index (χ0n) is 22.7. The second kappa shape index (κ2) is 12.7. The number of hydrogen-bond acceptors (Lipinski definition) is 10. The molecule has 0 aliphatic heterocycles. The van der Waals surface area contributed by atoms with Crippen LogP contribution >= 0.6 is 0 Å². The fourth-order valence-electron chi connectivity index (χ4n) is 4.35. The van der Waals surface area contributed by atoms with Crippen LogP contribution in [0.3, 0.4) is 0 Å². The number of nitrogens with zero attached hydrogens (tertiary/aromatic N) is 4. The van der Waals surface area contributed by atoms with Crippen LogP contribution in [0, 0.1) is 12.8 Å². The zero-order chi connectivity index (χ0) is 27.1. The van der Waals surface area contributed by atoms with Crippen molar-refractivity contribution >= 4 is 17.9 Å². The Hall–Kier alpha value is -2.47. The number of esters is 1. The Morgan fingerprint density at radius 2 is 1.72 bits per heavy atom. The molecule has 11 nitrogen and oxygen atoms in total. The van der Waals surface area contributed by atoms with Crippen LogP contribution in [0.4, 0.5) is 10.6 Å². The third kappa shape index (κ3) is 9.53. The second-order valence-electron chi connectivity index (χ2n) is 10.8. The van der Waals surface area contributed by atoms with E-state index in [-0.39, 0.29) is 24.6 Å². The Balaban J connectivity index is 1.99. The van der Waals surface area contributed by atoms with Gasteiger partial charge in [0, 0.05) is 38.9 Å². The monoisotopic (exact) mass is 507 g/mol. The van der Waals surface area contributed by atoms with Crippen molar-refractivity contribution in [2.45, 2.75) is 70.9 Å². The fraction of sp³-hybridized carbons (Fsp3) is 0.720. The molecule has 1 amide bonds. The number of likely N-dealkylation sites (N-methyl/N-ethyl adjacent to an activating group) is 1. The van der Waals surface area contributed by atoms with Crippen LogP contribution in [0.2, 0.25) is 0 Å². The first-order valence-electron chi connectivity index (χ1n) is 12.5. The summed E-state index contributed by atoms with van der Waals surface area (Å²) in [4.78, 5) is 34.3. The number of ether oxygens (including phenoxy) is 2. The van der Waals surface area contributed by atoms with Crippen molar-refractivity contribution in [3.8, 4) is 0 Å². The van der Waals surface area contributed by atoms with Gasteiger partial charge in [0.05, 0.1) is 13.7 Å². The molecule has 0 unspecified atom stereocenters. The summed E-state index contributed by atoms with van der Waals surface area (Å²) in [6, 6.07) is 4.02. The highest BCUT2D eigenvalue weighted by molar-refractivity contribution is 5.71. The topological polar surface area (TPSA) is 153 Å². The van der Waals surface area contributed by atoms with Crippen molar-refractivity contribution in [3.05, 3.63) is 23.9 Å². The first-order valence-corrected chi connectivity index (χ1v) is 12.5. The van der Waals surface area contributed by atoms with Gasteiger partial charge in [0.15, 0.2) is 5.91 Å². The van der Waals surface area contributed by atoms with Crippen LogP contribution in [0.5, 0.6) is 0 Å². The van der Waals surface area contributed by atoms with Gasteiger partial charge in [-0.2, -0.15) is 0 Å². The zero-order valence-corrected chi connectivity index (χ0v) is 22.7. The number of carbonyl (C=O) groups is 2. The molecule has 204 valence electrons. The normalized spacial score (nSPS) is 18.6. The standard InChI is InChI=1S/C25H45N7O4/c1-18-7-12-21(29-15-18)32(25(26,27)28)16-19-8-10-20(11-9-19)31(17-22(33)35-6)14-13-30(5)23(34)36-24(2,3)4/h7,12,15,19-20H,8-11,13-14,16-17,26-28H2,1-6H3. The van der Waals surface area contributed by atoms with Crippen molar-refractivity contribution in [1.29, 1.82) is 0 Å². The molecule has 2 rings (SSSR count). The maximum atomic E-state index is 12.3. The maximum Gasteiger partial charge on any atom is 0.410 e. The van der Waals surface area contributed by atoms with Crippen molar-refractivity contribution in [2.75, 3.05) is 45.2 Å². The average Bonchev–Trinajstić information content (AvgIpc) is 2.79. The molecule has 0 saturated heterocycles. The third-order valence-electron chi connectivity index (χ3n) is 6.40. The molecule has 0 atom stereocenters. The van der Waals surface area contributed by atoms with Gasteiger partial charge in [0.2, 0.25) is 0 Å². The van der Waals surface area contributed by atoms with E-state index in [0.717, 1.165) is 31.2 Å². The highest BCUT2D eigenvalue weighted by Crippen LogP contribution is 2.30. The average molecular weight is 508 g/mol. The number of methoxy groups -OCH3 is 1. The van der Waals surface area contributed by atoms with Gasteiger partial charge >= 0.3 is 12.1 Å². The first-order chi connectivity index (χ1) is 16.7. The van der Waals surface area contributed by atoms with E-state index in [1.54, 1.807) is 18.1 Å². The molecule has 1 aromatic heterocycles. The van der Waals surface area contributed by atoms with E-state index in [1.807, 2.05) is 39.8 Å². The minimum Gasteiger partial charge on any atom is -0.468 e. The SMILES string of the molecule is COC(=O)CN(CCN(C)C(=O)OC(C)(C)C)C1CCC(CN(c2ccc(C)cn2)C(N)(N)N)CC1. The molecule has 0 spiro atoms. The summed E-state index contributed by atoms with van der Waals surface area (Å²) >= 11 is 0. The number of hydrogen-bond donors (Lipinski definition) is 3. The maximum absolute atomic E-state index is 12.3. The number of aryl methyl sites for hydroxylation is 1. The van der Waals surface area contributed by atoms with Crippen molar-refractivity contribution < 1.29 is 19.1 Å². The van der Waals surface area contributed by atoms with Crippen LogP contribution in [-0.2, 0) is 14.3 Å². The summed E-state index contributed by atoms with van der Waals surface area (Å²) in [6.07, 6.45) is 5.00. The van der Waals surface area contributed by atoms with Crippen LogP contribution in [0.15, 0.2) is 18.3 Å². The molecule has 1 heterocycles. The first kappa shape index (κ1) is 29.8. The highest BCUT2D eigenvalue weighted by atomic mass is 16.6. The van der Waals surface area contributed by atoms with Gasteiger partial charge in [0.1, 0.15) is 11.4 Å². The van der Waals surface area contributed by atoms with E-state index in [9.17, 15) is 9.59 Å². The lowest BCUT2D eigenvalue weighted by Crippen LogP contribution is -2.71. The van der Waals surface area contributed by atoms with E-state index in [4.69, 9.17) is 26.7 Å². The summed E-state index contributed by atoms with van der Waals surface area (Å²) in [6.45, 7) is 9.21. The summed E-state index contributed by atoms with van der Waals surface area (Å²) in [5.74, 6) is -0.855. The molecule has 1 aliphatic rings. The van der Waals surface area contributed by atoms with Crippen molar-refractivity contribution in [2.24, 2.45) is 23.1 Å². The number of nitrogens with two attached hydrogens (primary N) is 3. The molecule has 1 aliphatic carbocycles. The molecule has 0 bridgehead atoms. The summed E-state index contributed by atoms with van der Waals surface area (Å²) < 4.78 is 10.4. The Morgan fingerprint density at radius 3 is 2.22 bits per heavy atom. The van der Waals surface area contributed by atoms with E-state index in [0.29, 0.717) is 31.4 Å². The van der Waals surface area contributed by atoms with Gasteiger partial charge in [-0.05, 0) is 70.9 Å². The van der Waals surface area contributed by atoms with E-state index >= 15 is 0 Å².